The zero-order valence-electron chi connectivity index (χ0n) is 21.0. The van der Waals surface area contributed by atoms with Crippen LogP contribution in [0, 0.1) is 0 Å². The van der Waals surface area contributed by atoms with Gasteiger partial charge in [-0.1, -0.05) is 51.1 Å². The summed E-state index contributed by atoms with van der Waals surface area (Å²) in [6.45, 7) is 6.34. The number of rotatable bonds is 7. The third-order valence-electron chi connectivity index (χ3n) is 5.88. The van der Waals surface area contributed by atoms with Gasteiger partial charge in [-0.25, -0.2) is 4.63 Å². The van der Waals surface area contributed by atoms with E-state index in [1.54, 1.807) is 36.4 Å². The number of carbonyl (C=O) groups is 2. The van der Waals surface area contributed by atoms with Crippen molar-refractivity contribution in [1.29, 1.82) is 0 Å². The second-order valence-electron chi connectivity index (χ2n) is 9.29. The molecule has 0 unspecified atom stereocenters. The van der Waals surface area contributed by atoms with Gasteiger partial charge in [-0.05, 0) is 68.8 Å². The van der Waals surface area contributed by atoms with E-state index in [2.05, 4.69) is 31.1 Å². The maximum Gasteiger partial charge on any atom is 1.00 e. The molecule has 0 fully saturated rings. The Morgan fingerprint density at radius 2 is 1.50 bits per heavy atom. The minimum absolute atomic E-state index is 0. The number of methoxy groups -OCH3 is 1. The summed E-state index contributed by atoms with van der Waals surface area (Å²) in [6, 6.07) is 19.1. The molecule has 0 saturated carbocycles. The van der Waals surface area contributed by atoms with Gasteiger partial charge in [0.15, 0.2) is 5.78 Å². The SMILES string of the molecule is COc1ccc(C(=O)C(Cc2ccc(C(C)(C)C)cc2)=C(C(=O)[O-])c2ccc3nonc3c2)cc1.[Na+]. The van der Waals surface area contributed by atoms with E-state index in [1.807, 2.05) is 24.3 Å². The number of nitrogens with zero attached hydrogens (tertiary/aromatic N) is 2. The molecule has 4 aromatic rings. The van der Waals surface area contributed by atoms with Crippen LogP contribution in [-0.2, 0) is 16.6 Å². The summed E-state index contributed by atoms with van der Waals surface area (Å²) in [5.41, 5.74) is 3.30. The molecule has 0 atom stereocenters. The summed E-state index contributed by atoms with van der Waals surface area (Å²) in [6.07, 6.45) is 0.105. The minimum atomic E-state index is -1.45. The molecule has 1 aromatic heterocycles. The fourth-order valence-electron chi connectivity index (χ4n) is 3.88. The number of carboxylic acid groups (broad SMARTS) is 1. The predicted molar refractivity (Wildman–Crippen MR) is 130 cm³/mol. The Balaban J connectivity index is 0.00000361. The zero-order chi connectivity index (χ0) is 25.2. The third-order valence-corrected chi connectivity index (χ3v) is 5.88. The molecule has 3 aromatic carbocycles. The second-order valence-corrected chi connectivity index (χ2v) is 9.29. The van der Waals surface area contributed by atoms with Gasteiger partial charge in [-0.3, -0.25) is 4.79 Å². The van der Waals surface area contributed by atoms with Crippen molar-refractivity contribution in [3.8, 4) is 5.75 Å². The normalized spacial score (nSPS) is 12.0. The second kappa shape index (κ2) is 11.2. The van der Waals surface area contributed by atoms with E-state index >= 15 is 0 Å². The Morgan fingerprint density at radius 3 is 2.08 bits per heavy atom. The van der Waals surface area contributed by atoms with E-state index in [-0.39, 0.29) is 58.1 Å². The van der Waals surface area contributed by atoms with E-state index in [0.717, 1.165) is 11.1 Å². The van der Waals surface area contributed by atoms with Gasteiger partial charge < -0.3 is 14.6 Å². The molecule has 4 rings (SSSR count). The molecule has 0 aliphatic heterocycles. The molecule has 36 heavy (non-hydrogen) atoms. The van der Waals surface area contributed by atoms with Gasteiger partial charge >= 0.3 is 29.6 Å². The van der Waals surface area contributed by atoms with E-state index in [1.165, 1.54) is 13.2 Å². The van der Waals surface area contributed by atoms with Gasteiger partial charge in [0, 0.05) is 23.1 Å². The number of aliphatic carboxylic acids is 1. The van der Waals surface area contributed by atoms with Crippen molar-refractivity contribution >= 4 is 28.4 Å². The van der Waals surface area contributed by atoms with Crippen molar-refractivity contribution in [1.82, 2.24) is 10.3 Å². The average Bonchev–Trinajstić information content (AvgIpc) is 3.31. The largest absolute Gasteiger partial charge is 1.00 e. The number of carboxylic acids is 1. The molecule has 0 spiro atoms. The number of ether oxygens (including phenoxy) is 1. The van der Waals surface area contributed by atoms with E-state index < -0.39 is 11.8 Å². The summed E-state index contributed by atoms with van der Waals surface area (Å²) in [5.74, 6) is -1.27. The number of carbonyl (C=O) groups excluding carboxylic acids is 2. The molecule has 0 radical (unpaired) electrons. The van der Waals surface area contributed by atoms with Crippen molar-refractivity contribution in [3.63, 3.8) is 0 Å². The molecule has 1 heterocycles. The first-order chi connectivity index (χ1) is 16.7. The zero-order valence-corrected chi connectivity index (χ0v) is 23.0. The number of aromatic nitrogens is 2. The maximum atomic E-state index is 13.7. The van der Waals surface area contributed by atoms with Gasteiger partial charge in [0.2, 0.25) is 0 Å². The van der Waals surface area contributed by atoms with Crippen molar-refractivity contribution in [2.45, 2.75) is 32.6 Å². The Kier molecular flexibility index (Phi) is 8.51. The quantitative estimate of drug-likeness (QED) is 0.217. The van der Waals surface area contributed by atoms with Crippen molar-refractivity contribution in [3.05, 3.63) is 94.6 Å². The smallest absolute Gasteiger partial charge is 0.545 e. The fraction of sp³-hybridized carbons (Fsp3) is 0.214. The Hall–Kier alpha value is -3.26. The Morgan fingerprint density at radius 1 is 0.889 bits per heavy atom. The summed E-state index contributed by atoms with van der Waals surface area (Å²) < 4.78 is 9.92. The van der Waals surface area contributed by atoms with Crippen LogP contribution >= 0.6 is 0 Å². The minimum Gasteiger partial charge on any atom is -0.545 e. The molecule has 0 saturated heterocycles. The number of Topliss-reactive ketones (excluding diaryl/α,β-unsaturated/α-hetero) is 1. The summed E-state index contributed by atoms with van der Waals surface area (Å²) >= 11 is 0. The Labute approximate surface area is 231 Å². The fourth-order valence-corrected chi connectivity index (χ4v) is 3.88. The van der Waals surface area contributed by atoms with Crippen LogP contribution in [0.25, 0.3) is 16.6 Å². The van der Waals surface area contributed by atoms with E-state index in [4.69, 9.17) is 9.37 Å². The summed E-state index contributed by atoms with van der Waals surface area (Å²) in [7, 11) is 1.53. The maximum absolute atomic E-state index is 13.7. The van der Waals surface area contributed by atoms with Gasteiger partial charge in [-0.15, -0.1) is 0 Å². The van der Waals surface area contributed by atoms with Crippen LogP contribution < -0.4 is 39.4 Å². The average molecular weight is 493 g/mol. The molecule has 7 nitrogen and oxygen atoms in total. The van der Waals surface area contributed by atoms with Gasteiger partial charge in [0.25, 0.3) is 0 Å². The molecule has 0 amide bonds. The van der Waals surface area contributed by atoms with Gasteiger partial charge in [-0.2, -0.15) is 0 Å². The number of benzene rings is 3. The van der Waals surface area contributed by atoms with Crippen molar-refractivity contribution < 1.29 is 53.6 Å². The summed E-state index contributed by atoms with van der Waals surface area (Å²) in [5, 5.41) is 20.0. The molecular formula is C28H25N2NaO5. The van der Waals surface area contributed by atoms with Crippen LogP contribution in [0.5, 0.6) is 5.75 Å². The molecule has 0 aliphatic rings. The molecule has 0 aliphatic carbocycles. The van der Waals surface area contributed by atoms with Crippen LogP contribution in [0.4, 0.5) is 0 Å². The topological polar surface area (TPSA) is 105 Å². The first kappa shape index (κ1) is 27.3. The first-order valence-corrected chi connectivity index (χ1v) is 11.1. The van der Waals surface area contributed by atoms with Crippen LogP contribution in [0.3, 0.4) is 0 Å². The van der Waals surface area contributed by atoms with Crippen molar-refractivity contribution in [2.75, 3.05) is 7.11 Å². The van der Waals surface area contributed by atoms with Crippen LogP contribution in [-0.4, -0.2) is 29.2 Å². The Bertz CT molecular complexity index is 1420. The number of hydrogen-bond acceptors (Lipinski definition) is 7. The van der Waals surface area contributed by atoms with E-state index in [9.17, 15) is 14.7 Å². The third kappa shape index (κ3) is 5.93. The van der Waals surface area contributed by atoms with Gasteiger partial charge in [0.05, 0.1) is 13.1 Å². The first-order valence-electron chi connectivity index (χ1n) is 11.1. The number of fused-ring (bicyclic) bond motifs is 1. The predicted octanol–water partition coefficient (Wildman–Crippen LogP) is 1.16. The van der Waals surface area contributed by atoms with Gasteiger partial charge in [0.1, 0.15) is 16.8 Å². The monoisotopic (exact) mass is 492 g/mol. The number of ketones is 1. The molecular weight excluding hydrogens is 467 g/mol. The molecule has 0 N–H and O–H groups in total. The molecule has 0 bridgehead atoms. The van der Waals surface area contributed by atoms with Crippen LogP contribution in [0.1, 0.15) is 47.8 Å². The van der Waals surface area contributed by atoms with Crippen LogP contribution in [0.15, 0.2) is 76.9 Å². The number of allylic oxidation sites excluding steroid dienone is 1. The van der Waals surface area contributed by atoms with Crippen molar-refractivity contribution in [2.24, 2.45) is 0 Å². The molecule has 178 valence electrons. The van der Waals surface area contributed by atoms with E-state index in [0.29, 0.717) is 22.3 Å². The number of hydrogen-bond donors (Lipinski definition) is 0. The summed E-state index contributed by atoms with van der Waals surface area (Å²) in [4.78, 5) is 26.1. The molecule has 8 heteroatoms. The standard InChI is InChI=1S/C28H26N2O5.Na/c1-28(2,3)20-10-5-17(6-11-20)15-22(26(31)18-7-12-21(34-4)13-8-18)25(27(32)33)19-9-14-23-24(16-19)30-35-29-23;/h5-14,16H,15H2,1-4H3,(H,32,33);/q;+1/p-1. The van der Waals surface area contributed by atoms with Crippen LogP contribution in [0.2, 0.25) is 0 Å².